The Labute approximate surface area is 166 Å². The average Bonchev–Trinajstić information content (AvgIpc) is 2.51. The van der Waals surface area contributed by atoms with Crippen molar-refractivity contribution in [3.63, 3.8) is 0 Å². The van der Waals surface area contributed by atoms with Crippen LogP contribution in [-0.4, -0.2) is 109 Å². The molecule has 1 atom stereocenters. The summed E-state index contributed by atoms with van der Waals surface area (Å²) in [5, 5.41) is 0. The molecule has 0 heterocycles. The van der Waals surface area contributed by atoms with E-state index in [9.17, 15) is 13.2 Å². The van der Waals surface area contributed by atoms with Gasteiger partial charge in [0.1, 0.15) is 39.4 Å². The summed E-state index contributed by atoms with van der Waals surface area (Å²) in [5.41, 5.74) is 5.02. The normalized spacial score (nSPS) is 14.7. The van der Waals surface area contributed by atoms with Crippen molar-refractivity contribution in [1.29, 1.82) is 0 Å². The highest BCUT2D eigenvalue weighted by Crippen LogP contribution is 2.10. The lowest BCUT2D eigenvalue weighted by atomic mass is 10.3. The van der Waals surface area contributed by atoms with Crippen molar-refractivity contribution in [2.45, 2.75) is 6.42 Å². The Kier molecular flexibility index (Phi) is 12.4. The molecular weight excluding hydrogens is 402 g/mol. The topological polar surface area (TPSA) is 134 Å². The molecule has 0 spiro atoms. The third-order valence-electron chi connectivity index (χ3n) is 4.09. The van der Waals surface area contributed by atoms with Crippen LogP contribution in [0, 0.1) is 0 Å². The first kappa shape index (κ1) is 26.3. The Morgan fingerprint density at radius 1 is 1.04 bits per heavy atom. The first-order valence-corrected chi connectivity index (χ1v) is 10.4. The third kappa shape index (κ3) is 16.0. The average molecular weight is 436 g/mol. The maximum absolute atomic E-state index is 10.8. The van der Waals surface area contributed by atoms with E-state index >= 15 is 0 Å². The van der Waals surface area contributed by atoms with Crippen LogP contribution in [0.1, 0.15) is 6.42 Å². The highest BCUT2D eigenvalue weighted by molar-refractivity contribution is 7.89. The maximum Gasteiger partial charge on any atom is 0.404 e. The van der Waals surface area contributed by atoms with Crippen LogP contribution in [0.25, 0.3) is 0 Å². The molecule has 0 rings (SSSR count). The van der Waals surface area contributed by atoms with E-state index in [1.54, 1.807) is 0 Å². The molecule has 0 aromatic heterocycles. The lowest BCUT2D eigenvalue weighted by Crippen LogP contribution is -2.55. The number of quaternary nitrogens is 2. The highest BCUT2D eigenvalue weighted by atomic mass is 32.3. The molecule has 11 nitrogen and oxygen atoms in total. The zero-order valence-electron chi connectivity index (χ0n) is 16.5. The number of carbonyl (C=O) groups excluding carboxylic acids is 1. The van der Waals surface area contributed by atoms with Gasteiger partial charge in [-0.15, -0.1) is 0 Å². The lowest BCUT2D eigenvalue weighted by molar-refractivity contribution is -0.955. The van der Waals surface area contributed by atoms with E-state index in [-0.39, 0.29) is 13.2 Å². The molecule has 0 saturated heterocycles. The van der Waals surface area contributed by atoms with Crippen molar-refractivity contribution < 1.29 is 44.0 Å². The molecule has 13 heteroatoms. The van der Waals surface area contributed by atoms with Crippen LogP contribution in [0.15, 0.2) is 0 Å². The van der Waals surface area contributed by atoms with Gasteiger partial charge in [0, 0.05) is 6.42 Å². The van der Waals surface area contributed by atoms with Gasteiger partial charge in [-0.1, -0.05) is 0 Å². The molecule has 27 heavy (non-hydrogen) atoms. The van der Waals surface area contributed by atoms with Crippen molar-refractivity contribution >= 4 is 28.8 Å². The molecule has 162 valence electrons. The number of rotatable bonds is 16. The second-order valence-corrected chi connectivity index (χ2v) is 8.80. The monoisotopic (exact) mass is 435 g/mol. The first-order valence-electron chi connectivity index (χ1n) is 8.41. The molecule has 0 aliphatic heterocycles. The minimum absolute atomic E-state index is 0.109. The summed E-state index contributed by atoms with van der Waals surface area (Å²) in [6.07, 6.45) is -0.0252. The van der Waals surface area contributed by atoms with E-state index in [1.165, 1.54) is 7.11 Å². The summed E-state index contributed by atoms with van der Waals surface area (Å²) >= 11 is 0.930. The standard InChI is InChI=1S/C14H31N3O8S2/c1-16(2,9-13-25-27(19,20)21)7-8-17(3,10-12-23-14(15)18)6-5-11-24-26-22-4/h5-13H2,1-4H3,(H-2,15,18,19,20,21)/p+2. The lowest BCUT2D eigenvalue weighted by Gasteiger charge is -2.38. The summed E-state index contributed by atoms with van der Waals surface area (Å²) in [5.74, 6) is 0. The minimum atomic E-state index is -4.43. The fourth-order valence-electron chi connectivity index (χ4n) is 2.30. The summed E-state index contributed by atoms with van der Waals surface area (Å²) in [4.78, 5) is 10.8. The Balaban J connectivity index is 4.58. The smallest absolute Gasteiger partial charge is 0.404 e. The zero-order valence-corrected chi connectivity index (χ0v) is 18.1. The molecule has 0 fully saturated rings. The predicted molar refractivity (Wildman–Crippen MR) is 101 cm³/mol. The summed E-state index contributed by atoms with van der Waals surface area (Å²) in [7, 11) is 3.02. The van der Waals surface area contributed by atoms with E-state index in [2.05, 4.69) is 4.18 Å². The summed E-state index contributed by atoms with van der Waals surface area (Å²) in [6.45, 7) is 3.86. The van der Waals surface area contributed by atoms with Gasteiger partial charge in [-0.3, -0.25) is 12.9 Å². The van der Waals surface area contributed by atoms with Crippen LogP contribution >= 0.6 is 12.3 Å². The van der Waals surface area contributed by atoms with Crippen LogP contribution in [0.2, 0.25) is 0 Å². The number of ether oxygens (including phenoxy) is 1. The predicted octanol–water partition coefficient (Wildman–Crippen LogP) is 0.0404. The van der Waals surface area contributed by atoms with Crippen LogP contribution in [0.3, 0.4) is 0 Å². The number of nitrogens with zero attached hydrogens (tertiary/aromatic N) is 2. The van der Waals surface area contributed by atoms with Crippen molar-refractivity contribution in [3.05, 3.63) is 0 Å². The van der Waals surface area contributed by atoms with Gasteiger partial charge < -0.3 is 19.4 Å². The van der Waals surface area contributed by atoms with Crippen molar-refractivity contribution in [1.82, 2.24) is 0 Å². The van der Waals surface area contributed by atoms with E-state index in [4.69, 9.17) is 23.4 Å². The second-order valence-electron chi connectivity index (χ2n) is 7.00. The first-order chi connectivity index (χ1) is 12.4. The van der Waals surface area contributed by atoms with Crippen LogP contribution in [0.5, 0.6) is 0 Å². The number of hydrogen-bond donors (Lipinski definition) is 2. The fourth-order valence-corrected chi connectivity index (χ4v) is 2.87. The van der Waals surface area contributed by atoms with Gasteiger partial charge in [0.05, 0.1) is 41.4 Å². The molecule has 1 unspecified atom stereocenters. The molecule has 0 bridgehead atoms. The maximum atomic E-state index is 10.8. The van der Waals surface area contributed by atoms with E-state index in [0.717, 1.165) is 38.4 Å². The van der Waals surface area contributed by atoms with Crippen LogP contribution < -0.4 is 5.73 Å². The molecule has 0 aliphatic carbocycles. The van der Waals surface area contributed by atoms with Crippen molar-refractivity contribution in [3.8, 4) is 0 Å². The molecule has 0 aromatic carbocycles. The molecule has 0 saturated carbocycles. The second kappa shape index (κ2) is 12.7. The quantitative estimate of drug-likeness (QED) is 0.149. The Morgan fingerprint density at radius 2 is 1.70 bits per heavy atom. The highest BCUT2D eigenvalue weighted by Gasteiger charge is 2.27. The molecular formula is C14H33N3O8S2+2. The van der Waals surface area contributed by atoms with Gasteiger partial charge in [-0.05, 0) is 0 Å². The van der Waals surface area contributed by atoms with Crippen molar-refractivity contribution in [2.24, 2.45) is 5.73 Å². The molecule has 0 aromatic rings. The Bertz CT molecular complexity index is 532. The summed E-state index contributed by atoms with van der Waals surface area (Å²) < 4.78 is 50.3. The van der Waals surface area contributed by atoms with Gasteiger partial charge in [-0.2, -0.15) is 8.42 Å². The third-order valence-corrected chi connectivity index (χ3v) is 4.95. The number of nitrogens with two attached hydrogens (primary N) is 1. The number of carbonyl (C=O) groups is 1. The molecule has 0 aliphatic rings. The molecule has 0 radical (unpaired) electrons. The van der Waals surface area contributed by atoms with Gasteiger partial charge in [0.15, 0.2) is 12.3 Å². The fraction of sp³-hybridized carbons (Fsp3) is 0.929. The van der Waals surface area contributed by atoms with E-state index in [1.807, 2.05) is 21.1 Å². The molecule has 1 amide bonds. The molecule has 3 N–H and O–H groups in total. The SMILES string of the molecule is COSOCCC[N+](C)(CCOC(N)=O)CC[N+](C)(C)CCOS(=O)(=O)O. The van der Waals surface area contributed by atoms with Gasteiger partial charge in [-0.25, -0.2) is 8.98 Å². The number of hydrogen-bond acceptors (Lipinski definition) is 8. The zero-order chi connectivity index (χ0) is 21.0. The Morgan fingerprint density at radius 3 is 2.26 bits per heavy atom. The van der Waals surface area contributed by atoms with E-state index in [0.29, 0.717) is 28.7 Å². The number of likely N-dealkylation sites (N-methyl/N-ethyl adjacent to an activating group) is 2. The largest absolute Gasteiger partial charge is 0.444 e. The van der Waals surface area contributed by atoms with Gasteiger partial charge in [0.25, 0.3) is 0 Å². The van der Waals surface area contributed by atoms with E-state index < -0.39 is 16.5 Å². The number of primary amides is 1. The number of amides is 1. The summed E-state index contributed by atoms with van der Waals surface area (Å²) in [6, 6.07) is 0. The van der Waals surface area contributed by atoms with Gasteiger partial charge >= 0.3 is 16.5 Å². The minimum Gasteiger partial charge on any atom is -0.444 e. The van der Waals surface area contributed by atoms with Crippen LogP contribution in [-0.2, 0) is 27.7 Å². The van der Waals surface area contributed by atoms with Gasteiger partial charge in [0.2, 0.25) is 0 Å². The Hall–Kier alpha value is -0.670. The van der Waals surface area contributed by atoms with Crippen molar-refractivity contribution in [2.75, 3.05) is 80.8 Å². The van der Waals surface area contributed by atoms with Crippen LogP contribution in [0.4, 0.5) is 4.79 Å².